The van der Waals surface area contributed by atoms with Crippen LogP contribution in [-0.2, 0) is 0 Å². The lowest BCUT2D eigenvalue weighted by Crippen LogP contribution is -2.12. The van der Waals surface area contributed by atoms with Crippen molar-refractivity contribution in [3.05, 3.63) is 35.0 Å². The molecule has 0 spiro atoms. The first-order valence-electron chi connectivity index (χ1n) is 4.60. The molecule has 0 aliphatic heterocycles. The van der Waals surface area contributed by atoms with Crippen LogP contribution in [-0.4, -0.2) is 23.0 Å². The van der Waals surface area contributed by atoms with Gasteiger partial charge in [0.2, 0.25) is 5.88 Å². The summed E-state index contributed by atoms with van der Waals surface area (Å²) >= 11 is 3.12. The Balaban J connectivity index is 2.12. The monoisotopic (exact) mass is 297 g/mol. The van der Waals surface area contributed by atoms with Crippen LogP contribution in [0.3, 0.4) is 0 Å². The lowest BCUT2D eigenvalue weighted by molar-refractivity contribution is 0.102. The van der Waals surface area contributed by atoms with E-state index >= 15 is 0 Å². The largest absolute Gasteiger partial charge is 0.481 e. The van der Waals surface area contributed by atoms with Gasteiger partial charge in [-0.2, -0.15) is 0 Å². The van der Waals surface area contributed by atoms with E-state index in [0.29, 0.717) is 21.9 Å². The Morgan fingerprint density at radius 2 is 2.29 bits per heavy atom. The summed E-state index contributed by atoms with van der Waals surface area (Å²) in [5, 5.41) is 2.60. The maximum absolute atomic E-state index is 11.7. The van der Waals surface area contributed by atoms with Crippen molar-refractivity contribution >= 4 is 27.7 Å². The van der Waals surface area contributed by atoms with Crippen molar-refractivity contribution in [3.8, 4) is 5.88 Å². The van der Waals surface area contributed by atoms with Crippen molar-refractivity contribution in [2.24, 2.45) is 0 Å². The number of aromatic nitrogens is 2. The number of methoxy groups -OCH3 is 1. The fourth-order valence-corrected chi connectivity index (χ4v) is 1.48. The highest BCUT2D eigenvalue weighted by Crippen LogP contribution is 2.16. The summed E-state index contributed by atoms with van der Waals surface area (Å²) in [4.78, 5) is 19.5. The molecule has 7 heteroatoms. The molecule has 17 heavy (non-hydrogen) atoms. The molecule has 6 nitrogen and oxygen atoms in total. The molecule has 0 bridgehead atoms. The van der Waals surface area contributed by atoms with E-state index in [0.717, 1.165) is 0 Å². The lowest BCUT2D eigenvalue weighted by Gasteiger charge is -2.03. The van der Waals surface area contributed by atoms with Gasteiger partial charge in [0.1, 0.15) is 18.4 Å². The number of hydrogen-bond acceptors (Lipinski definition) is 5. The fourth-order valence-electron chi connectivity index (χ4n) is 1.14. The molecule has 2 aromatic heterocycles. The Hall–Kier alpha value is -1.89. The Kier molecular flexibility index (Phi) is 3.38. The van der Waals surface area contributed by atoms with Gasteiger partial charge in [-0.15, -0.1) is 0 Å². The van der Waals surface area contributed by atoms with Gasteiger partial charge < -0.3 is 14.5 Å². The summed E-state index contributed by atoms with van der Waals surface area (Å²) in [5.74, 6) is 0.419. The number of halogens is 1. The van der Waals surface area contributed by atoms with Crippen molar-refractivity contribution in [2.75, 3.05) is 12.4 Å². The molecule has 88 valence electrons. The Labute approximate surface area is 105 Å². The second-order valence-electron chi connectivity index (χ2n) is 3.04. The van der Waals surface area contributed by atoms with Crippen LogP contribution in [0.4, 0.5) is 5.82 Å². The summed E-state index contributed by atoms with van der Waals surface area (Å²) in [5.41, 5.74) is 0.398. The molecular formula is C10H8BrN3O3. The maximum Gasteiger partial charge on any atom is 0.260 e. The van der Waals surface area contributed by atoms with Gasteiger partial charge in [0.05, 0.1) is 12.7 Å². The maximum atomic E-state index is 11.7. The minimum absolute atomic E-state index is 0.319. The SMILES string of the molecule is COc1cc(NC(=O)c2coc(Br)c2)ncn1. The van der Waals surface area contributed by atoms with Crippen molar-refractivity contribution in [1.29, 1.82) is 0 Å². The molecule has 0 radical (unpaired) electrons. The smallest absolute Gasteiger partial charge is 0.260 e. The lowest BCUT2D eigenvalue weighted by atomic mass is 10.3. The van der Waals surface area contributed by atoms with E-state index < -0.39 is 0 Å². The highest BCUT2D eigenvalue weighted by molar-refractivity contribution is 9.10. The molecule has 2 aromatic rings. The molecule has 0 atom stereocenters. The average molecular weight is 298 g/mol. The summed E-state index contributed by atoms with van der Waals surface area (Å²) in [6.07, 6.45) is 2.65. The predicted molar refractivity (Wildman–Crippen MR) is 62.9 cm³/mol. The van der Waals surface area contributed by atoms with E-state index in [4.69, 9.17) is 9.15 Å². The van der Waals surface area contributed by atoms with Crippen LogP contribution in [0.15, 0.2) is 33.8 Å². The van der Waals surface area contributed by atoms with E-state index in [1.807, 2.05) is 0 Å². The van der Waals surface area contributed by atoms with Crippen LogP contribution in [0.1, 0.15) is 10.4 Å². The van der Waals surface area contributed by atoms with E-state index in [1.54, 1.807) is 6.07 Å². The fraction of sp³-hybridized carbons (Fsp3) is 0.100. The number of amides is 1. The van der Waals surface area contributed by atoms with Crippen LogP contribution < -0.4 is 10.1 Å². The van der Waals surface area contributed by atoms with Crippen LogP contribution in [0.5, 0.6) is 5.88 Å². The second-order valence-corrected chi connectivity index (χ2v) is 3.82. The topological polar surface area (TPSA) is 77.2 Å². The minimum atomic E-state index is -0.319. The predicted octanol–water partition coefficient (Wildman–Crippen LogP) is 2.09. The zero-order valence-corrected chi connectivity index (χ0v) is 10.4. The Morgan fingerprint density at radius 3 is 2.94 bits per heavy atom. The van der Waals surface area contributed by atoms with Gasteiger partial charge in [0.25, 0.3) is 5.91 Å². The molecule has 2 heterocycles. The summed E-state index contributed by atoms with van der Waals surface area (Å²) in [6, 6.07) is 3.08. The molecule has 2 rings (SSSR count). The first kappa shape index (κ1) is 11.6. The molecule has 0 aliphatic rings. The molecule has 0 unspecified atom stereocenters. The van der Waals surface area contributed by atoms with E-state index in [1.165, 1.54) is 25.8 Å². The Morgan fingerprint density at radius 1 is 1.47 bits per heavy atom. The Bertz CT molecular complexity index is 541. The van der Waals surface area contributed by atoms with Gasteiger partial charge in [0.15, 0.2) is 4.67 Å². The number of anilines is 1. The van der Waals surface area contributed by atoms with Crippen LogP contribution in [0, 0.1) is 0 Å². The van der Waals surface area contributed by atoms with E-state index in [9.17, 15) is 4.79 Å². The van der Waals surface area contributed by atoms with Crippen molar-refractivity contribution in [1.82, 2.24) is 9.97 Å². The number of nitrogens with zero attached hydrogens (tertiary/aromatic N) is 2. The molecule has 1 amide bonds. The van der Waals surface area contributed by atoms with Crippen molar-refractivity contribution in [3.63, 3.8) is 0 Å². The quantitative estimate of drug-likeness (QED) is 0.939. The third kappa shape index (κ3) is 2.82. The average Bonchev–Trinajstić information content (AvgIpc) is 2.76. The first-order valence-corrected chi connectivity index (χ1v) is 5.40. The number of furan rings is 1. The molecule has 0 fully saturated rings. The molecule has 0 saturated heterocycles. The van der Waals surface area contributed by atoms with E-state index in [-0.39, 0.29) is 5.91 Å². The summed E-state index contributed by atoms with van der Waals surface area (Å²) in [7, 11) is 1.49. The summed E-state index contributed by atoms with van der Waals surface area (Å²) < 4.78 is 10.4. The van der Waals surface area contributed by atoms with E-state index in [2.05, 4.69) is 31.2 Å². The number of nitrogens with one attached hydrogen (secondary N) is 1. The number of ether oxygens (including phenoxy) is 1. The van der Waals surface area contributed by atoms with Crippen LogP contribution in [0.25, 0.3) is 0 Å². The van der Waals surface area contributed by atoms with Gasteiger partial charge >= 0.3 is 0 Å². The normalized spacial score (nSPS) is 10.0. The molecular weight excluding hydrogens is 290 g/mol. The zero-order valence-electron chi connectivity index (χ0n) is 8.81. The van der Waals surface area contributed by atoms with Gasteiger partial charge in [-0.3, -0.25) is 4.79 Å². The van der Waals surface area contributed by atoms with Gasteiger partial charge in [-0.1, -0.05) is 0 Å². The molecule has 0 aromatic carbocycles. The van der Waals surface area contributed by atoms with Crippen molar-refractivity contribution in [2.45, 2.75) is 0 Å². The highest BCUT2D eigenvalue weighted by atomic mass is 79.9. The molecule has 0 saturated carbocycles. The standard InChI is InChI=1S/C10H8BrN3O3/c1-16-9-3-8(12-5-13-9)14-10(15)6-2-7(11)17-4-6/h2-5H,1H3,(H,12,13,14,15). The first-order chi connectivity index (χ1) is 8.19. The summed E-state index contributed by atoms with van der Waals surface area (Å²) in [6.45, 7) is 0. The number of rotatable bonds is 3. The van der Waals surface area contributed by atoms with Gasteiger partial charge in [0, 0.05) is 12.1 Å². The third-order valence-electron chi connectivity index (χ3n) is 1.92. The minimum Gasteiger partial charge on any atom is -0.481 e. The third-order valence-corrected chi connectivity index (χ3v) is 2.34. The number of carbonyl (C=O) groups is 1. The van der Waals surface area contributed by atoms with Crippen LogP contribution in [0.2, 0.25) is 0 Å². The second kappa shape index (κ2) is 4.96. The zero-order chi connectivity index (χ0) is 12.3. The molecule has 1 N–H and O–H groups in total. The highest BCUT2D eigenvalue weighted by Gasteiger charge is 2.10. The number of hydrogen-bond donors (Lipinski definition) is 1. The number of carbonyl (C=O) groups excluding carboxylic acids is 1. The van der Waals surface area contributed by atoms with Gasteiger partial charge in [-0.25, -0.2) is 9.97 Å². The molecule has 0 aliphatic carbocycles. The van der Waals surface area contributed by atoms with Gasteiger partial charge in [-0.05, 0) is 15.9 Å². The van der Waals surface area contributed by atoms with Crippen LogP contribution >= 0.6 is 15.9 Å². The van der Waals surface area contributed by atoms with Crippen molar-refractivity contribution < 1.29 is 13.9 Å².